The van der Waals surface area contributed by atoms with Crippen molar-refractivity contribution in [1.82, 2.24) is 29.4 Å². The molecule has 19 heavy (non-hydrogen) atoms. The van der Waals surface area contributed by atoms with Gasteiger partial charge in [0.2, 0.25) is 0 Å². The van der Waals surface area contributed by atoms with E-state index >= 15 is 0 Å². The van der Waals surface area contributed by atoms with Gasteiger partial charge in [-0.2, -0.15) is 5.10 Å². The number of nitrogens with zero attached hydrogens (tertiary/aromatic N) is 6. The first kappa shape index (κ1) is 11.6. The molecule has 0 aromatic carbocycles. The Morgan fingerprint density at radius 3 is 2.95 bits per heavy atom. The van der Waals surface area contributed by atoms with Crippen LogP contribution in [-0.4, -0.2) is 40.4 Å². The fourth-order valence-corrected chi connectivity index (χ4v) is 1.93. The zero-order chi connectivity index (χ0) is 13.4. The first-order valence-electron chi connectivity index (χ1n) is 5.24. The average Bonchev–Trinajstić information content (AvgIpc) is 3.00. The Hall–Kier alpha value is -2.48. The van der Waals surface area contributed by atoms with Gasteiger partial charge >= 0.3 is 5.97 Å². The molecular weight excluding hydrogens is 272 g/mol. The Bertz CT molecular complexity index is 751. The molecule has 0 saturated heterocycles. The zero-order valence-corrected chi connectivity index (χ0v) is 10.2. The van der Waals surface area contributed by atoms with Crippen LogP contribution < -0.4 is 0 Å². The minimum absolute atomic E-state index is 0.0668. The lowest BCUT2D eigenvalue weighted by Gasteiger charge is -2.02. The molecule has 3 aromatic heterocycles. The summed E-state index contributed by atoms with van der Waals surface area (Å²) in [6.07, 6.45) is 4.36. The second-order valence-electron chi connectivity index (χ2n) is 3.78. The Balaban J connectivity index is 2.13. The largest absolute Gasteiger partial charge is 0.478 e. The lowest BCUT2D eigenvalue weighted by Crippen LogP contribution is -2.06. The van der Waals surface area contributed by atoms with Crippen LogP contribution >= 0.6 is 11.6 Å². The third-order valence-electron chi connectivity index (χ3n) is 2.55. The second-order valence-corrected chi connectivity index (χ2v) is 4.19. The van der Waals surface area contributed by atoms with Crippen LogP contribution in [0, 0.1) is 0 Å². The van der Waals surface area contributed by atoms with Crippen molar-refractivity contribution < 1.29 is 9.90 Å². The van der Waals surface area contributed by atoms with Gasteiger partial charge in [-0.15, -0.1) is 10.2 Å². The van der Waals surface area contributed by atoms with Gasteiger partial charge in [0.05, 0.1) is 10.6 Å². The molecular formula is C10H7ClN6O2. The predicted molar refractivity (Wildman–Crippen MR) is 64.1 cm³/mol. The molecule has 1 N–H and O–H groups in total. The highest BCUT2D eigenvalue weighted by Crippen LogP contribution is 2.18. The van der Waals surface area contributed by atoms with Crippen molar-refractivity contribution in [3.63, 3.8) is 0 Å². The van der Waals surface area contributed by atoms with E-state index in [-0.39, 0.29) is 10.6 Å². The van der Waals surface area contributed by atoms with Crippen molar-refractivity contribution in [2.45, 2.75) is 6.54 Å². The van der Waals surface area contributed by atoms with Gasteiger partial charge in [0.25, 0.3) is 0 Å². The first-order chi connectivity index (χ1) is 9.15. The number of rotatable bonds is 3. The van der Waals surface area contributed by atoms with E-state index in [1.54, 1.807) is 4.68 Å². The third kappa shape index (κ3) is 2.02. The van der Waals surface area contributed by atoms with Gasteiger partial charge in [-0.25, -0.2) is 14.5 Å². The highest BCUT2D eigenvalue weighted by molar-refractivity contribution is 6.33. The molecule has 0 fully saturated rings. The van der Waals surface area contributed by atoms with Crippen LogP contribution in [0.1, 0.15) is 16.2 Å². The topological polar surface area (TPSA) is 98.2 Å². The summed E-state index contributed by atoms with van der Waals surface area (Å²) >= 11 is 5.98. The van der Waals surface area contributed by atoms with Crippen molar-refractivity contribution in [3.8, 4) is 0 Å². The molecule has 0 saturated carbocycles. The second kappa shape index (κ2) is 4.32. The maximum Gasteiger partial charge on any atom is 0.337 e. The highest BCUT2D eigenvalue weighted by Gasteiger charge is 2.13. The van der Waals surface area contributed by atoms with Gasteiger partial charge in [-0.05, 0) is 6.07 Å². The Morgan fingerprint density at radius 1 is 1.42 bits per heavy atom. The normalized spacial score (nSPS) is 11.0. The summed E-state index contributed by atoms with van der Waals surface area (Å²) in [4.78, 5) is 14.8. The number of carboxylic acids is 1. The van der Waals surface area contributed by atoms with Gasteiger partial charge in [-0.1, -0.05) is 11.6 Å². The van der Waals surface area contributed by atoms with Crippen LogP contribution in [0.15, 0.2) is 24.9 Å². The Morgan fingerprint density at radius 2 is 2.26 bits per heavy atom. The van der Waals surface area contributed by atoms with Crippen LogP contribution in [0.3, 0.4) is 0 Å². The monoisotopic (exact) mass is 278 g/mol. The third-order valence-corrected chi connectivity index (χ3v) is 2.83. The molecule has 8 nitrogen and oxygen atoms in total. The number of halogens is 1. The smallest absolute Gasteiger partial charge is 0.337 e. The van der Waals surface area contributed by atoms with Crippen molar-refractivity contribution in [2.24, 2.45) is 0 Å². The number of carbonyl (C=O) groups is 1. The maximum atomic E-state index is 11.0. The summed E-state index contributed by atoms with van der Waals surface area (Å²) in [5.74, 6) is -0.547. The van der Waals surface area contributed by atoms with Crippen LogP contribution in [0.2, 0.25) is 5.02 Å². The van der Waals surface area contributed by atoms with E-state index in [2.05, 4.69) is 20.3 Å². The Labute approximate surface area is 111 Å². The molecule has 96 valence electrons. The summed E-state index contributed by atoms with van der Waals surface area (Å²) in [5.41, 5.74) is 0.471. The van der Waals surface area contributed by atoms with E-state index in [4.69, 9.17) is 16.7 Å². The van der Waals surface area contributed by atoms with E-state index in [1.807, 2.05) is 0 Å². The van der Waals surface area contributed by atoms with E-state index in [0.717, 1.165) is 0 Å². The minimum Gasteiger partial charge on any atom is -0.478 e. The van der Waals surface area contributed by atoms with Gasteiger partial charge in [0.15, 0.2) is 11.5 Å². The first-order valence-corrected chi connectivity index (χ1v) is 5.62. The molecule has 0 radical (unpaired) electrons. The molecule has 0 bridgehead atoms. The predicted octanol–water partition coefficient (Wildman–Crippen LogP) is 0.721. The summed E-state index contributed by atoms with van der Waals surface area (Å²) in [6.45, 7) is 0.320. The number of carboxylic acid groups (broad SMARTS) is 1. The highest BCUT2D eigenvalue weighted by atomic mass is 35.5. The molecule has 0 atom stereocenters. The molecule has 0 aliphatic rings. The molecule has 0 unspecified atom stereocenters. The van der Waals surface area contributed by atoms with E-state index < -0.39 is 5.97 Å². The molecule has 3 heterocycles. The maximum absolute atomic E-state index is 11.0. The lowest BCUT2D eigenvalue weighted by molar-refractivity contribution is 0.0696. The number of fused-ring (bicyclic) bond motifs is 1. The fraction of sp³-hybridized carbons (Fsp3) is 0.100. The van der Waals surface area contributed by atoms with Crippen molar-refractivity contribution in [3.05, 3.63) is 41.3 Å². The summed E-state index contributed by atoms with van der Waals surface area (Å²) in [6, 6.07) is 1.34. The van der Waals surface area contributed by atoms with E-state index in [1.165, 1.54) is 29.3 Å². The van der Waals surface area contributed by atoms with Crippen molar-refractivity contribution in [2.75, 3.05) is 0 Å². The van der Waals surface area contributed by atoms with Crippen LogP contribution in [0.25, 0.3) is 5.65 Å². The molecule has 0 spiro atoms. The zero-order valence-electron chi connectivity index (χ0n) is 9.43. The molecule has 0 amide bonds. The number of hydrogen-bond acceptors (Lipinski definition) is 5. The van der Waals surface area contributed by atoms with Crippen molar-refractivity contribution >= 4 is 23.2 Å². The van der Waals surface area contributed by atoms with Gasteiger partial charge in [0, 0.05) is 6.20 Å². The van der Waals surface area contributed by atoms with Crippen molar-refractivity contribution in [1.29, 1.82) is 0 Å². The SMILES string of the molecule is O=C(O)c1cc(Cl)c2nnc(Cn3cncn3)n2c1. The van der Waals surface area contributed by atoms with Gasteiger partial charge in [0.1, 0.15) is 19.2 Å². The number of aromatic nitrogens is 6. The average molecular weight is 279 g/mol. The van der Waals surface area contributed by atoms with Crippen LogP contribution in [-0.2, 0) is 6.54 Å². The number of aromatic carboxylic acids is 1. The quantitative estimate of drug-likeness (QED) is 0.758. The molecule has 3 rings (SSSR count). The molecule has 0 aliphatic carbocycles. The standard InChI is InChI=1S/C10H7ClN6O2/c11-7-1-6(10(18)19)2-17-8(14-15-9(7)17)3-16-5-12-4-13-16/h1-2,4-5H,3H2,(H,18,19). The molecule has 3 aromatic rings. The Kier molecular flexibility index (Phi) is 2.64. The van der Waals surface area contributed by atoms with E-state index in [9.17, 15) is 4.79 Å². The minimum atomic E-state index is -1.07. The van der Waals surface area contributed by atoms with Gasteiger partial charge < -0.3 is 5.11 Å². The molecule has 0 aliphatic heterocycles. The number of pyridine rings is 1. The van der Waals surface area contributed by atoms with Gasteiger partial charge in [-0.3, -0.25) is 4.40 Å². The van der Waals surface area contributed by atoms with Crippen LogP contribution in [0.5, 0.6) is 0 Å². The summed E-state index contributed by atoms with van der Waals surface area (Å²) in [7, 11) is 0. The van der Waals surface area contributed by atoms with Crippen LogP contribution in [0.4, 0.5) is 0 Å². The van der Waals surface area contributed by atoms with E-state index in [0.29, 0.717) is 18.0 Å². The summed E-state index contributed by atoms with van der Waals surface area (Å²) < 4.78 is 3.09. The molecule has 9 heteroatoms. The fourth-order valence-electron chi connectivity index (χ4n) is 1.68. The number of hydrogen-bond donors (Lipinski definition) is 1. The summed E-state index contributed by atoms with van der Waals surface area (Å²) in [5, 5.41) is 21.1. The lowest BCUT2D eigenvalue weighted by atomic mass is 10.3.